The van der Waals surface area contributed by atoms with E-state index in [4.69, 9.17) is 9.47 Å². The van der Waals surface area contributed by atoms with Crippen LogP contribution in [-0.4, -0.2) is 97.7 Å². The van der Waals surface area contributed by atoms with Crippen LogP contribution in [0.4, 0.5) is 0 Å². The Kier molecular flexibility index (Phi) is 18.1. The number of carbonyl (C=O) groups is 4. The third-order valence-corrected chi connectivity index (χ3v) is 10.7. The Labute approximate surface area is 301 Å². The largest absolute Gasteiger partial charge is 0.386 e. The number of aliphatic hydroxyl groups excluding tert-OH is 1. The Morgan fingerprint density at radius 1 is 0.900 bits per heavy atom. The third kappa shape index (κ3) is 11.6. The molecule has 0 bridgehead atoms. The van der Waals surface area contributed by atoms with Crippen molar-refractivity contribution in [3.63, 3.8) is 0 Å². The number of benzene rings is 1. The Balaban J connectivity index is 2.19. The van der Waals surface area contributed by atoms with Gasteiger partial charge in [-0.2, -0.15) is 0 Å². The van der Waals surface area contributed by atoms with Crippen LogP contribution in [0.15, 0.2) is 30.3 Å². The van der Waals surface area contributed by atoms with Crippen molar-refractivity contribution in [2.75, 3.05) is 27.8 Å². The Hall–Kier alpha value is -2.86. The lowest BCUT2D eigenvalue weighted by atomic mass is 9.84. The fraction of sp³-hybridized carbons (Fsp3) is 0.744. The van der Waals surface area contributed by atoms with Gasteiger partial charge < -0.3 is 35.4 Å². The number of hydrogen-bond acceptors (Lipinski definition) is 8. The van der Waals surface area contributed by atoms with Crippen LogP contribution in [0.2, 0.25) is 0 Å². The summed E-state index contributed by atoms with van der Waals surface area (Å²) in [4.78, 5) is 56.2. The molecule has 2 rings (SSSR count). The Morgan fingerprint density at radius 2 is 1.54 bits per heavy atom. The molecule has 1 aromatic carbocycles. The van der Waals surface area contributed by atoms with Gasteiger partial charge in [0.1, 0.15) is 0 Å². The van der Waals surface area contributed by atoms with E-state index in [1.165, 1.54) is 0 Å². The molecule has 1 aliphatic rings. The number of rotatable bonds is 21. The number of ketones is 1. The number of likely N-dealkylation sites (N-methyl/N-ethyl adjacent to an activating group) is 1. The van der Waals surface area contributed by atoms with E-state index in [1.807, 2.05) is 71.9 Å². The number of aliphatic hydroxyl groups is 1. The highest BCUT2D eigenvalue weighted by Gasteiger charge is 2.42. The number of nitrogens with one attached hydrogen (secondary N) is 3. The molecule has 4 N–H and O–H groups in total. The summed E-state index contributed by atoms with van der Waals surface area (Å²) < 4.78 is 11.8. The van der Waals surface area contributed by atoms with Gasteiger partial charge in [-0.05, 0) is 50.1 Å². The smallest absolute Gasteiger partial charge is 0.225 e. The van der Waals surface area contributed by atoms with E-state index in [-0.39, 0.29) is 66.2 Å². The molecular formula is C39H66N4O7. The van der Waals surface area contributed by atoms with Gasteiger partial charge in [0, 0.05) is 33.1 Å². The van der Waals surface area contributed by atoms with E-state index < -0.39 is 42.2 Å². The molecule has 284 valence electrons. The lowest BCUT2D eigenvalue weighted by molar-refractivity contribution is -0.143. The van der Waals surface area contributed by atoms with Crippen molar-refractivity contribution < 1.29 is 33.8 Å². The second-order valence-electron chi connectivity index (χ2n) is 14.9. The molecule has 0 aliphatic carbocycles. The van der Waals surface area contributed by atoms with E-state index in [9.17, 15) is 24.3 Å². The SMILES string of the molecule is CCC(C)[C@H](NC(=O)[C@@H](CC(=O)[C@@H](NC)C(C)C)C(C)C)[C@@H](CC(=O)N1CCC[C@H]1[C@H](OC)[C@@H](C)C(=O)N[C@H](C)[C@@H](O)c1ccccc1)OC. The van der Waals surface area contributed by atoms with Crippen LogP contribution in [0.3, 0.4) is 0 Å². The molecule has 1 aromatic rings. The maximum Gasteiger partial charge on any atom is 0.225 e. The van der Waals surface area contributed by atoms with Gasteiger partial charge in [-0.3, -0.25) is 19.2 Å². The highest BCUT2D eigenvalue weighted by atomic mass is 16.5. The molecule has 11 nitrogen and oxygen atoms in total. The van der Waals surface area contributed by atoms with Crippen LogP contribution in [0.25, 0.3) is 0 Å². The fourth-order valence-corrected chi connectivity index (χ4v) is 7.28. The predicted molar refractivity (Wildman–Crippen MR) is 196 cm³/mol. The molecule has 1 heterocycles. The van der Waals surface area contributed by atoms with Crippen molar-refractivity contribution in [1.82, 2.24) is 20.9 Å². The summed E-state index contributed by atoms with van der Waals surface area (Å²) in [7, 11) is 4.88. The van der Waals surface area contributed by atoms with Crippen molar-refractivity contribution in [3.8, 4) is 0 Å². The number of likely N-dealkylation sites (tertiary alicyclic amines) is 1. The number of amides is 3. The lowest BCUT2D eigenvalue weighted by Gasteiger charge is -2.37. The number of hydrogen-bond donors (Lipinski definition) is 4. The molecule has 1 saturated heterocycles. The zero-order valence-corrected chi connectivity index (χ0v) is 32.4. The van der Waals surface area contributed by atoms with Gasteiger partial charge in [0.15, 0.2) is 5.78 Å². The number of methoxy groups -OCH3 is 2. The molecule has 3 amide bonds. The average molecular weight is 703 g/mol. The second kappa shape index (κ2) is 20.9. The van der Waals surface area contributed by atoms with Crippen molar-refractivity contribution in [2.24, 2.45) is 29.6 Å². The maximum atomic E-state index is 14.0. The van der Waals surface area contributed by atoms with E-state index >= 15 is 0 Å². The molecule has 50 heavy (non-hydrogen) atoms. The van der Waals surface area contributed by atoms with Gasteiger partial charge in [-0.1, -0.05) is 85.2 Å². The summed E-state index contributed by atoms with van der Waals surface area (Å²) >= 11 is 0. The minimum atomic E-state index is -0.871. The average Bonchev–Trinajstić information content (AvgIpc) is 3.58. The molecule has 0 spiro atoms. The predicted octanol–water partition coefficient (Wildman–Crippen LogP) is 4.28. The zero-order chi connectivity index (χ0) is 37.7. The Morgan fingerprint density at radius 3 is 2.06 bits per heavy atom. The first-order chi connectivity index (χ1) is 23.6. The molecule has 0 radical (unpaired) electrons. The topological polar surface area (TPSA) is 146 Å². The summed E-state index contributed by atoms with van der Waals surface area (Å²) in [6.45, 7) is 16.0. The summed E-state index contributed by atoms with van der Waals surface area (Å²) in [5.41, 5.74) is 0.713. The first kappa shape index (κ1) is 43.3. The molecule has 0 saturated carbocycles. The highest BCUT2D eigenvalue weighted by Crippen LogP contribution is 2.29. The maximum absolute atomic E-state index is 14.0. The van der Waals surface area contributed by atoms with Crippen LogP contribution in [0, 0.1) is 29.6 Å². The van der Waals surface area contributed by atoms with Crippen LogP contribution in [0.5, 0.6) is 0 Å². The number of Topliss-reactive ketones (excluding diaryl/α,β-unsaturated/α-hetero) is 1. The van der Waals surface area contributed by atoms with Crippen molar-refractivity contribution in [2.45, 2.75) is 130 Å². The minimum Gasteiger partial charge on any atom is -0.386 e. The van der Waals surface area contributed by atoms with Crippen molar-refractivity contribution >= 4 is 23.5 Å². The van der Waals surface area contributed by atoms with E-state index in [1.54, 1.807) is 40.0 Å². The standard InChI is InChI=1S/C39H66N4O7/c1-12-25(6)35(42-39(48)29(23(2)3)21-31(44)34(40-9)24(4)5)32(49-10)22-33(45)43-20-16-19-30(43)37(50-11)26(7)38(47)41-27(8)36(46)28-17-14-13-15-18-28/h13-15,17-18,23-27,29-30,32,34-37,40,46H,12,16,19-22H2,1-11H3,(H,41,47)(H,42,48)/t25?,26-,27-,29+,30+,32-,34+,35+,36-,37-/m1/s1. The zero-order valence-electron chi connectivity index (χ0n) is 32.4. The minimum absolute atomic E-state index is 0.000946. The number of carbonyl (C=O) groups excluding carboxylic acids is 4. The fourth-order valence-electron chi connectivity index (χ4n) is 7.28. The lowest BCUT2D eigenvalue weighted by Crippen LogP contribution is -2.54. The Bertz CT molecular complexity index is 1210. The number of nitrogens with zero attached hydrogens (tertiary/aromatic N) is 1. The normalized spacial score (nSPS) is 20.4. The molecule has 1 unspecified atom stereocenters. The van der Waals surface area contributed by atoms with Crippen molar-refractivity contribution in [1.29, 1.82) is 0 Å². The van der Waals surface area contributed by atoms with Gasteiger partial charge in [-0.15, -0.1) is 0 Å². The van der Waals surface area contributed by atoms with Gasteiger partial charge >= 0.3 is 0 Å². The van der Waals surface area contributed by atoms with Crippen molar-refractivity contribution in [3.05, 3.63) is 35.9 Å². The van der Waals surface area contributed by atoms with Gasteiger partial charge in [-0.25, -0.2) is 0 Å². The first-order valence-corrected chi connectivity index (χ1v) is 18.5. The summed E-state index contributed by atoms with van der Waals surface area (Å²) in [6, 6.07) is 7.54. The third-order valence-electron chi connectivity index (χ3n) is 10.7. The van der Waals surface area contributed by atoms with Gasteiger partial charge in [0.2, 0.25) is 17.7 Å². The van der Waals surface area contributed by atoms with E-state index in [0.29, 0.717) is 18.5 Å². The molecule has 11 heteroatoms. The molecule has 0 aromatic heterocycles. The van der Waals surface area contributed by atoms with Gasteiger partial charge in [0.25, 0.3) is 0 Å². The summed E-state index contributed by atoms with van der Waals surface area (Å²) in [5, 5.41) is 20.0. The molecule has 1 aliphatic heterocycles. The highest BCUT2D eigenvalue weighted by molar-refractivity contribution is 5.90. The molecular weight excluding hydrogens is 636 g/mol. The van der Waals surface area contributed by atoms with E-state index in [0.717, 1.165) is 12.8 Å². The van der Waals surface area contributed by atoms with Crippen LogP contribution < -0.4 is 16.0 Å². The second-order valence-corrected chi connectivity index (χ2v) is 14.9. The first-order valence-electron chi connectivity index (χ1n) is 18.5. The van der Waals surface area contributed by atoms with Crippen LogP contribution in [-0.2, 0) is 28.7 Å². The van der Waals surface area contributed by atoms with Gasteiger partial charge in [0.05, 0.1) is 54.8 Å². The monoisotopic (exact) mass is 702 g/mol. The summed E-state index contributed by atoms with van der Waals surface area (Å²) in [5.74, 6) is -1.68. The quantitative estimate of drug-likeness (QED) is 0.149. The molecule has 10 atom stereocenters. The molecule has 1 fully saturated rings. The van der Waals surface area contributed by atoms with Crippen LogP contribution >= 0.6 is 0 Å². The number of ether oxygens (including phenoxy) is 2. The van der Waals surface area contributed by atoms with Crippen LogP contribution in [0.1, 0.15) is 99.2 Å². The summed E-state index contributed by atoms with van der Waals surface area (Å²) in [6.07, 6.45) is 0.331. The van der Waals surface area contributed by atoms with E-state index in [2.05, 4.69) is 16.0 Å².